The van der Waals surface area contributed by atoms with E-state index < -0.39 is 5.97 Å². The molecule has 0 bridgehead atoms. The molecule has 1 fully saturated rings. The summed E-state index contributed by atoms with van der Waals surface area (Å²) >= 11 is 0. The lowest BCUT2D eigenvalue weighted by molar-refractivity contribution is 0.0696. The molecule has 5 heteroatoms. The Kier molecular flexibility index (Phi) is 3.24. The Hall–Kier alpha value is -1.65. The van der Waals surface area contributed by atoms with E-state index in [0.717, 1.165) is 12.8 Å². The maximum atomic E-state index is 11.4. The molecule has 2 N–H and O–H groups in total. The summed E-state index contributed by atoms with van der Waals surface area (Å²) in [5.41, 5.74) is 1.53. The molecule has 0 spiro atoms. The Morgan fingerprint density at radius 3 is 2.44 bits per heavy atom. The highest BCUT2D eigenvalue weighted by Gasteiger charge is 2.31. The molecule has 5 nitrogen and oxygen atoms in total. The maximum Gasteiger partial charge on any atom is 0.339 e. The Morgan fingerprint density at radius 2 is 1.89 bits per heavy atom. The first-order valence-electron chi connectivity index (χ1n) is 6.28. The maximum absolute atomic E-state index is 11.4. The van der Waals surface area contributed by atoms with Crippen LogP contribution in [0.15, 0.2) is 0 Å². The van der Waals surface area contributed by atoms with Gasteiger partial charge < -0.3 is 10.4 Å². The largest absolute Gasteiger partial charge is 0.478 e. The van der Waals surface area contributed by atoms with Crippen LogP contribution in [0.3, 0.4) is 0 Å². The van der Waals surface area contributed by atoms with Crippen molar-refractivity contribution < 1.29 is 9.90 Å². The van der Waals surface area contributed by atoms with Crippen LogP contribution in [0.5, 0.6) is 0 Å². The normalized spacial score (nSPS) is 17.7. The number of hydrogen-bond acceptors (Lipinski definition) is 4. The fourth-order valence-corrected chi connectivity index (χ4v) is 2.52. The molecule has 1 heterocycles. The molecular weight excluding hydrogens is 230 g/mol. The highest BCUT2D eigenvalue weighted by atomic mass is 16.4. The third-order valence-corrected chi connectivity index (χ3v) is 3.80. The van der Waals surface area contributed by atoms with Crippen molar-refractivity contribution >= 4 is 11.8 Å². The minimum Gasteiger partial charge on any atom is -0.478 e. The monoisotopic (exact) mass is 249 g/mol. The molecule has 1 aliphatic rings. The van der Waals surface area contributed by atoms with E-state index >= 15 is 0 Å². The first-order valence-corrected chi connectivity index (χ1v) is 6.28. The minimum absolute atomic E-state index is 0.0550. The molecule has 0 aromatic carbocycles. The van der Waals surface area contributed by atoms with Gasteiger partial charge in [0.25, 0.3) is 0 Å². The Balaban J connectivity index is 2.38. The van der Waals surface area contributed by atoms with Crippen LogP contribution in [0.4, 0.5) is 5.82 Å². The number of carboxylic acid groups (broad SMARTS) is 1. The van der Waals surface area contributed by atoms with Gasteiger partial charge in [-0.2, -0.15) is 5.10 Å². The summed E-state index contributed by atoms with van der Waals surface area (Å²) in [7, 11) is 0. The van der Waals surface area contributed by atoms with Gasteiger partial charge in [0.05, 0.1) is 5.69 Å². The van der Waals surface area contributed by atoms with Crippen LogP contribution >= 0.6 is 0 Å². The Labute approximate surface area is 107 Å². The number of carboxylic acids is 1. The van der Waals surface area contributed by atoms with Gasteiger partial charge >= 0.3 is 5.97 Å². The molecule has 1 aromatic heterocycles. The molecule has 0 saturated heterocycles. The number of anilines is 1. The molecule has 1 saturated carbocycles. The summed E-state index contributed by atoms with van der Waals surface area (Å²) in [6.45, 7) is 5.66. The van der Waals surface area contributed by atoms with Gasteiger partial charge in [0, 0.05) is 5.54 Å². The molecule has 1 aliphatic carbocycles. The number of nitrogens with zero attached hydrogens (tertiary/aromatic N) is 2. The second-order valence-electron chi connectivity index (χ2n) is 5.33. The minimum atomic E-state index is -0.949. The molecule has 0 aliphatic heterocycles. The Bertz CT molecular complexity index is 479. The number of aromatic carboxylic acids is 1. The molecule has 1 aromatic rings. The third kappa shape index (κ3) is 2.30. The van der Waals surface area contributed by atoms with E-state index in [1.54, 1.807) is 13.8 Å². The van der Waals surface area contributed by atoms with Crippen molar-refractivity contribution in [3.8, 4) is 0 Å². The highest BCUT2D eigenvalue weighted by Crippen LogP contribution is 2.33. The topological polar surface area (TPSA) is 75.1 Å². The van der Waals surface area contributed by atoms with E-state index in [2.05, 4.69) is 22.4 Å². The van der Waals surface area contributed by atoms with Gasteiger partial charge in [-0.15, -0.1) is 5.10 Å². The summed E-state index contributed by atoms with van der Waals surface area (Å²) in [4.78, 5) is 11.4. The second-order valence-corrected chi connectivity index (χ2v) is 5.33. The lowest BCUT2D eigenvalue weighted by Gasteiger charge is -2.26. The lowest BCUT2D eigenvalue weighted by Crippen LogP contribution is -2.32. The van der Waals surface area contributed by atoms with Crippen molar-refractivity contribution in [2.75, 3.05) is 5.32 Å². The summed E-state index contributed by atoms with van der Waals surface area (Å²) in [5, 5.41) is 20.6. The van der Waals surface area contributed by atoms with E-state index in [4.69, 9.17) is 0 Å². The zero-order chi connectivity index (χ0) is 13.3. The Morgan fingerprint density at radius 1 is 1.28 bits per heavy atom. The molecule has 0 unspecified atom stereocenters. The molecule has 0 radical (unpaired) electrons. The summed E-state index contributed by atoms with van der Waals surface area (Å²) in [6.07, 6.45) is 4.43. The summed E-state index contributed by atoms with van der Waals surface area (Å²) in [6, 6.07) is 0. The first-order chi connectivity index (χ1) is 8.43. The van der Waals surface area contributed by atoms with Crippen molar-refractivity contribution in [1.29, 1.82) is 0 Å². The smallest absolute Gasteiger partial charge is 0.339 e. The van der Waals surface area contributed by atoms with Crippen molar-refractivity contribution in [2.24, 2.45) is 0 Å². The lowest BCUT2D eigenvalue weighted by atomic mass is 10.00. The van der Waals surface area contributed by atoms with Crippen LogP contribution in [0, 0.1) is 13.8 Å². The standard InChI is InChI=1S/C13H19N3O2/c1-8-9(2)15-16-11(10(8)12(17)18)14-13(3)6-4-5-7-13/h4-7H2,1-3H3,(H,14,16)(H,17,18). The van der Waals surface area contributed by atoms with E-state index in [1.807, 2.05) is 0 Å². The van der Waals surface area contributed by atoms with Crippen LogP contribution in [0.25, 0.3) is 0 Å². The van der Waals surface area contributed by atoms with Crippen molar-refractivity contribution in [3.05, 3.63) is 16.8 Å². The average molecular weight is 249 g/mol. The summed E-state index contributed by atoms with van der Waals surface area (Å²) in [5.74, 6) is -0.551. The van der Waals surface area contributed by atoms with Crippen molar-refractivity contribution in [1.82, 2.24) is 10.2 Å². The fourth-order valence-electron chi connectivity index (χ4n) is 2.52. The molecule has 18 heavy (non-hydrogen) atoms. The predicted molar refractivity (Wildman–Crippen MR) is 69.0 cm³/mol. The van der Waals surface area contributed by atoms with Crippen molar-refractivity contribution in [2.45, 2.75) is 52.0 Å². The average Bonchev–Trinajstić information content (AvgIpc) is 2.70. The summed E-state index contributed by atoms with van der Waals surface area (Å²) < 4.78 is 0. The highest BCUT2D eigenvalue weighted by molar-refractivity contribution is 5.95. The first kappa shape index (κ1) is 12.8. The van der Waals surface area contributed by atoms with Crippen LogP contribution < -0.4 is 5.32 Å². The van der Waals surface area contributed by atoms with E-state index in [1.165, 1.54) is 12.8 Å². The van der Waals surface area contributed by atoms with Crippen LogP contribution in [-0.2, 0) is 0 Å². The number of hydrogen-bond donors (Lipinski definition) is 2. The SMILES string of the molecule is Cc1nnc(NC2(C)CCCC2)c(C(=O)O)c1C. The van der Waals surface area contributed by atoms with Gasteiger partial charge in [-0.05, 0) is 39.2 Å². The van der Waals surface area contributed by atoms with Crippen LogP contribution in [0.1, 0.15) is 54.2 Å². The van der Waals surface area contributed by atoms with E-state index in [-0.39, 0.29) is 11.1 Å². The van der Waals surface area contributed by atoms with Crippen LogP contribution in [-0.4, -0.2) is 26.8 Å². The fraction of sp³-hybridized carbons (Fsp3) is 0.615. The van der Waals surface area contributed by atoms with Gasteiger partial charge in [0.2, 0.25) is 0 Å². The number of rotatable bonds is 3. The predicted octanol–water partition coefficient (Wildman–Crippen LogP) is 2.54. The zero-order valence-corrected chi connectivity index (χ0v) is 11.1. The van der Waals surface area contributed by atoms with Gasteiger partial charge in [-0.25, -0.2) is 4.79 Å². The van der Waals surface area contributed by atoms with Gasteiger partial charge in [0.15, 0.2) is 5.82 Å². The molecular formula is C13H19N3O2. The van der Waals surface area contributed by atoms with E-state index in [0.29, 0.717) is 17.1 Å². The van der Waals surface area contributed by atoms with Crippen LogP contribution in [0.2, 0.25) is 0 Å². The van der Waals surface area contributed by atoms with Crippen molar-refractivity contribution in [3.63, 3.8) is 0 Å². The number of carbonyl (C=O) groups is 1. The van der Waals surface area contributed by atoms with Gasteiger partial charge in [0.1, 0.15) is 5.56 Å². The quantitative estimate of drug-likeness (QED) is 0.861. The number of aryl methyl sites for hydroxylation is 1. The molecule has 98 valence electrons. The number of aromatic nitrogens is 2. The molecule has 0 amide bonds. The van der Waals surface area contributed by atoms with E-state index in [9.17, 15) is 9.90 Å². The number of nitrogens with one attached hydrogen (secondary N) is 1. The van der Waals surface area contributed by atoms with Gasteiger partial charge in [-0.1, -0.05) is 12.8 Å². The second kappa shape index (κ2) is 4.55. The van der Waals surface area contributed by atoms with Gasteiger partial charge in [-0.3, -0.25) is 0 Å². The zero-order valence-electron chi connectivity index (χ0n) is 11.1. The molecule has 0 atom stereocenters. The third-order valence-electron chi connectivity index (χ3n) is 3.80. The molecule has 2 rings (SSSR count).